The number of carbonyl (C=O) groups excluding carboxylic acids is 1. The molecule has 0 bridgehead atoms. The molecule has 0 N–H and O–H groups in total. The zero-order chi connectivity index (χ0) is 16.6. The molecule has 0 aliphatic heterocycles. The average molecular weight is 314 g/mol. The fourth-order valence-electron chi connectivity index (χ4n) is 3.12. The van der Waals surface area contributed by atoms with Crippen LogP contribution in [0.4, 0.5) is 0 Å². The maximum atomic E-state index is 12.5. The summed E-state index contributed by atoms with van der Waals surface area (Å²) in [4.78, 5) is 18.3. The number of benzene rings is 1. The lowest BCUT2D eigenvalue weighted by molar-refractivity contribution is -0.0888. The SMILES string of the molecule is CN(C(=O)c1ncn(C)n1)[C@H]1C[C@H](Oc2ccccc2)C1(C)C. The Hall–Kier alpha value is -2.37. The zero-order valence-corrected chi connectivity index (χ0v) is 13.9. The third-order valence-electron chi connectivity index (χ3n) is 4.73. The summed E-state index contributed by atoms with van der Waals surface area (Å²) in [5, 5.41) is 4.09. The Balaban J connectivity index is 1.67. The summed E-state index contributed by atoms with van der Waals surface area (Å²) in [5.74, 6) is 0.949. The van der Waals surface area contributed by atoms with Crippen molar-refractivity contribution in [1.29, 1.82) is 0 Å². The normalized spacial score (nSPS) is 22.3. The zero-order valence-electron chi connectivity index (χ0n) is 13.9. The van der Waals surface area contributed by atoms with Crippen molar-refractivity contribution in [2.75, 3.05) is 7.05 Å². The van der Waals surface area contributed by atoms with Gasteiger partial charge in [0.1, 0.15) is 18.2 Å². The van der Waals surface area contributed by atoms with Crippen LogP contribution in [-0.4, -0.2) is 44.8 Å². The van der Waals surface area contributed by atoms with E-state index in [-0.39, 0.29) is 29.3 Å². The van der Waals surface area contributed by atoms with Crippen LogP contribution in [0.5, 0.6) is 5.75 Å². The number of amides is 1. The van der Waals surface area contributed by atoms with Gasteiger partial charge < -0.3 is 9.64 Å². The Morgan fingerprint density at radius 2 is 2.04 bits per heavy atom. The number of carbonyl (C=O) groups is 1. The maximum Gasteiger partial charge on any atom is 0.293 e. The molecule has 1 amide bonds. The third kappa shape index (κ3) is 2.81. The molecule has 122 valence electrons. The van der Waals surface area contributed by atoms with E-state index in [2.05, 4.69) is 23.9 Å². The van der Waals surface area contributed by atoms with Gasteiger partial charge in [-0.3, -0.25) is 9.48 Å². The molecule has 1 saturated carbocycles. The first kappa shape index (κ1) is 15.5. The smallest absolute Gasteiger partial charge is 0.293 e. The van der Waals surface area contributed by atoms with Crippen molar-refractivity contribution < 1.29 is 9.53 Å². The van der Waals surface area contributed by atoms with Gasteiger partial charge in [0, 0.05) is 32.0 Å². The predicted octanol–water partition coefficient (Wildman–Crippen LogP) is 2.13. The summed E-state index contributed by atoms with van der Waals surface area (Å²) < 4.78 is 7.60. The lowest BCUT2D eigenvalue weighted by atomic mass is 9.63. The largest absolute Gasteiger partial charge is 0.490 e. The highest BCUT2D eigenvalue weighted by molar-refractivity contribution is 5.90. The minimum absolute atomic E-state index is 0.0850. The van der Waals surface area contributed by atoms with Gasteiger partial charge in [0.05, 0.1) is 0 Å². The molecule has 2 aromatic rings. The molecule has 0 spiro atoms. The van der Waals surface area contributed by atoms with Crippen LogP contribution in [0.25, 0.3) is 0 Å². The summed E-state index contributed by atoms with van der Waals surface area (Å²) >= 11 is 0. The van der Waals surface area contributed by atoms with Gasteiger partial charge in [-0.15, -0.1) is 5.10 Å². The van der Waals surface area contributed by atoms with Crippen LogP contribution in [0.15, 0.2) is 36.7 Å². The first-order chi connectivity index (χ1) is 10.9. The first-order valence-corrected chi connectivity index (χ1v) is 7.74. The average Bonchev–Trinajstić information content (AvgIpc) is 2.97. The predicted molar refractivity (Wildman–Crippen MR) is 86.1 cm³/mol. The molecule has 1 fully saturated rings. The molecule has 1 aliphatic rings. The van der Waals surface area contributed by atoms with E-state index in [1.54, 1.807) is 11.9 Å². The van der Waals surface area contributed by atoms with Crippen molar-refractivity contribution >= 4 is 5.91 Å². The second-order valence-corrected chi connectivity index (χ2v) is 6.65. The number of hydrogen-bond acceptors (Lipinski definition) is 4. The lowest BCUT2D eigenvalue weighted by Gasteiger charge is -2.54. The number of aryl methyl sites for hydroxylation is 1. The fourth-order valence-corrected chi connectivity index (χ4v) is 3.12. The van der Waals surface area contributed by atoms with Gasteiger partial charge in [-0.2, -0.15) is 0 Å². The van der Waals surface area contributed by atoms with Crippen molar-refractivity contribution in [3.8, 4) is 5.75 Å². The van der Waals surface area contributed by atoms with E-state index in [4.69, 9.17) is 4.74 Å². The molecule has 6 heteroatoms. The van der Waals surface area contributed by atoms with Gasteiger partial charge in [0.15, 0.2) is 0 Å². The number of ether oxygens (including phenoxy) is 1. The Labute approximate surface area is 136 Å². The Morgan fingerprint density at radius 1 is 1.35 bits per heavy atom. The van der Waals surface area contributed by atoms with E-state index in [1.807, 2.05) is 37.4 Å². The van der Waals surface area contributed by atoms with Crippen LogP contribution in [0.1, 0.15) is 30.9 Å². The van der Waals surface area contributed by atoms with Crippen LogP contribution >= 0.6 is 0 Å². The van der Waals surface area contributed by atoms with Crippen molar-refractivity contribution in [3.63, 3.8) is 0 Å². The molecule has 2 atom stereocenters. The van der Waals surface area contributed by atoms with Crippen LogP contribution in [-0.2, 0) is 7.05 Å². The summed E-state index contributed by atoms with van der Waals surface area (Å²) in [7, 11) is 3.56. The lowest BCUT2D eigenvalue weighted by Crippen LogP contribution is -2.63. The second kappa shape index (κ2) is 5.68. The highest BCUT2D eigenvalue weighted by atomic mass is 16.5. The molecule has 3 rings (SSSR count). The quantitative estimate of drug-likeness (QED) is 0.867. The van der Waals surface area contributed by atoms with Gasteiger partial charge in [-0.05, 0) is 12.1 Å². The highest BCUT2D eigenvalue weighted by Crippen LogP contribution is 2.45. The van der Waals surface area contributed by atoms with Crippen LogP contribution in [0, 0.1) is 5.41 Å². The Bertz CT molecular complexity index is 696. The third-order valence-corrected chi connectivity index (χ3v) is 4.73. The Kier molecular flexibility index (Phi) is 3.83. The molecular formula is C17H22N4O2. The maximum absolute atomic E-state index is 12.5. The van der Waals surface area contributed by atoms with E-state index in [9.17, 15) is 4.79 Å². The summed E-state index contributed by atoms with van der Waals surface area (Å²) in [6, 6.07) is 9.90. The van der Waals surface area contributed by atoms with Gasteiger partial charge in [0.2, 0.25) is 5.82 Å². The molecular weight excluding hydrogens is 292 g/mol. The molecule has 1 heterocycles. The molecule has 1 aliphatic carbocycles. The number of para-hydroxylation sites is 1. The van der Waals surface area contributed by atoms with E-state index in [1.165, 1.54) is 11.0 Å². The molecule has 1 aromatic heterocycles. The number of aromatic nitrogens is 3. The summed E-state index contributed by atoms with van der Waals surface area (Å²) in [6.45, 7) is 4.26. The van der Waals surface area contributed by atoms with Crippen molar-refractivity contribution in [2.45, 2.75) is 32.4 Å². The van der Waals surface area contributed by atoms with E-state index >= 15 is 0 Å². The second-order valence-electron chi connectivity index (χ2n) is 6.65. The minimum atomic E-state index is -0.151. The first-order valence-electron chi connectivity index (χ1n) is 7.74. The molecule has 0 saturated heterocycles. The summed E-state index contributed by atoms with van der Waals surface area (Å²) in [6.07, 6.45) is 2.42. The van der Waals surface area contributed by atoms with Gasteiger partial charge >= 0.3 is 0 Å². The molecule has 1 aromatic carbocycles. The Morgan fingerprint density at radius 3 is 2.61 bits per heavy atom. The topological polar surface area (TPSA) is 60.2 Å². The van der Waals surface area contributed by atoms with Crippen LogP contribution in [0.3, 0.4) is 0 Å². The minimum Gasteiger partial charge on any atom is -0.490 e. The molecule has 6 nitrogen and oxygen atoms in total. The molecule has 0 unspecified atom stereocenters. The van der Waals surface area contributed by atoms with Crippen molar-refractivity contribution in [2.24, 2.45) is 12.5 Å². The number of rotatable bonds is 4. The molecule has 23 heavy (non-hydrogen) atoms. The van der Waals surface area contributed by atoms with Crippen molar-refractivity contribution in [1.82, 2.24) is 19.7 Å². The van der Waals surface area contributed by atoms with Gasteiger partial charge in [-0.25, -0.2) is 4.98 Å². The highest BCUT2D eigenvalue weighted by Gasteiger charge is 2.53. The van der Waals surface area contributed by atoms with Crippen LogP contribution in [0.2, 0.25) is 0 Å². The van der Waals surface area contributed by atoms with Gasteiger partial charge in [-0.1, -0.05) is 32.0 Å². The fraction of sp³-hybridized carbons (Fsp3) is 0.471. The van der Waals surface area contributed by atoms with E-state index < -0.39 is 0 Å². The number of hydrogen-bond donors (Lipinski definition) is 0. The van der Waals surface area contributed by atoms with Gasteiger partial charge in [0.25, 0.3) is 5.91 Å². The monoisotopic (exact) mass is 314 g/mol. The standard InChI is InChI=1S/C17H22N4O2/c1-17(2)13(10-14(17)23-12-8-6-5-7-9-12)21(4)16(22)15-18-11-20(3)19-15/h5-9,11,13-14H,10H2,1-4H3/t13-,14-/m0/s1. The molecule has 0 radical (unpaired) electrons. The number of nitrogens with zero attached hydrogens (tertiary/aromatic N) is 4. The van der Waals surface area contributed by atoms with Crippen LogP contribution < -0.4 is 4.74 Å². The summed E-state index contributed by atoms with van der Waals surface area (Å²) in [5.41, 5.74) is -0.130. The van der Waals surface area contributed by atoms with E-state index in [0.29, 0.717) is 0 Å². The van der Waals surface area contributed by atoms with Crippen molar-refractivity contribution in [3.05, 3.63) is 42.5 Å². The van der Waals surface area contributed by atoms with E-state index in [0.717, 1.165) is 12.2 Å².